The number of likely N-dealkylation sites (N-methyl/N-ethyl adjacent to an activating group) is 2. The quantitative estimate of drug-likeness (QED) is 0.0552. The van der Waals surface area contributed by atoms with Gasteiger partial charge in [-0.2, -0.15) is 0 Å². The van der Waals surface area contributed by atoms with E-state index in [1.54, 1.807) is 26.2 Å². The van der Waals surface area contributed by atoms with Crippen molar-refractivity contribution in [1.82, 2.24) is 25.1 Å². The summed E-state index contributed by atoms with van der Waals surface area (Å²) in [6, 6.07) is 18.3. The molecule has 418 valence electrons. The molecule has 1 N–H and O–H groups in total. The van der Waals surface area contributed by atoms with Crippen molar-refractivity contribution in [3.05, 3.63) is 71.8 Å². The number of unbranched alkanes of at least 4 members (excludes halogenated alkanes) is 2. The zero-order valence-electron chi connectivity index (χ0n) is 47.4. The number of carbonyl (C=O) groups excluding carboxylic acids is 6. The van der Waals surface area contributed by atoms with Crippen LogP contribution in [0.3, 0.4) is 0 Å². The molecule has 3 fully saturated rings. The number of methoxy groups -OCH3 is 2. The number of nitrogens with one attached hydrogen (secondary N) is 1. The van der Waals surface area contributed by atoms with Crippen molar-refractivity contribution in [3.63, 3.8) is 0 Å². The third kappa shape index (κ3) is 16.5. The number of Topliss-reactive ketones (excluding diaryl/α,β-unsaturated/α-hetero) is 2. The Morgan fingerprint density at radius 1 is 0.813 bits per heavy atom. The highest BCUT2D eigenvalue weighted by Crippen LogP contribution is 2.63. The summed E-state index contributed by atoms with van der Waals surface area (Å²) in [5, 5.41) is 4.66. The molecule has 0 aromatic heterocycles. The van der Waals surface area contributed by atoms with Gasteiger partial charge in [0.25, 0.3) is 5.91 Å². The number of likely N-dealkylation sites (tertiary alicyclic amines) is 1. The van der Waals surface area contributed by atoms with Crippen LogP contribution in [0.4, 0.5) is 0 Å². The molecule has 2 aromatic carbocycles. The largest absolute Gasteiger partial charge is 0.460 e. The fraction of sp³-hybridized carbons (Fsp3) is 0.700. The van der Waals surface area contributed by atoms with Crippen LogP contribution in [0.1, 0.15) is 143 Å². The van der Waals surface area contributed by atoms with Gasteiger partial charge in [0.2, 0.25) is 11.8 Å². The van der Waals surface area contributed by atoms with Crippen LogP contribution in [-0.4, -0.2) is 153 Å². The molecule has 1 aliphatic carbocycles. The maximum Gasteiger partial charge on any atom is 0.320 e. The lowest BCUT2D eigenvalue weighted by atomic mass is 9.83. The summed E-state index contributed by atoms with van der Waals surface area (Å²) >= 11 is 0. The van der Waals surface area contributed by atoms with Crippen LogP contribution in [0.2, 0.25) is 0 Å². The minimum atomic E-state index is -0.897. The number of rotatable bonds is 32. The topological polar surface area (TPSA) is 164 Å². The average molecular weight is 1040 g/mol. The van der Waals surface area contributed by atoms with Gasteiger partial charge in [0.1, 0.15) is 12.4 Å². The number of esters is 1. The molecule has 10 atom stereocenters. The molecule has 2 aromatic rings. The summed E-state index contributed by atoms with van der Waals surface area (Å²) in [7, 11) is 6.95. The van der Waals surface area contributed by atoms with E-state index in [1.807, 2.05) is 93.4 Å². The van der Waals surface area contributed by atoms with E-state index in [0.29, 0.717) is 39.1 Å². The number of hydrogen-bond acceptors (Lipinski definition) is 12. The van der Waals surface area contributed by atoms with E-state index in [1.165, 1.54) is 5.06 Å². The number of hydroxylamine groups is 2. The Kier molecular flexibility index (Phi) is 24.4. The molecule has 3 amide bonds. The highest BCUT2D eigenvalue weighted by atomic mass is 16.7. The molecule has 2 aliphatic heterocycles. The van der Waals surface area contributed by atoms with Crippen LogP contribution in [0, 0.1) is 35.0 Å². The maximum absolute atomic E-state index is 14.8. The smallest absolute Gasteiger partial charge is 0.320 e. The third-order valence-electron chi connectivity index (χ3n) is 16.6. The fourth-order valence-electron chi connectivity index (χ4n) is 12.0. The summed E-state index contributed by atoms with van der Waals surface area (Å²) in [4.78, 5) is 96.2. The van der Waals surface area contributed by atoms with Crippen LogP contribution in [0.25, 0.3) is 0 Å². The van der Waals surface area contributed by atoms with Crippen LogP contribution in [-0.2, 0) is 54.4 Å². The van der Waals surface area contributed by atoms with Gasteiger partial charge < -0.3 is 29.3 Å². The van der Waals surface area contributed by atoms with Crippen molar-refractivity contribution < 1.29 is 47.8 Å². The molecular formula is C60H93N5O10. The Labute approximate surface area is 449 Å². The van der Waals surface area contributed by atoms with Crippen molar-refractivity contribution in [2.24, 2.45) is 35.0 Å². The van der Waals surface area contributed by atoms with Crippen LogP contribution in [0.15, 0.2) is 60.7 Å². The normalized spacial score (nSPS) is 21.6. The van der Waals surface area contributed by atoms with Crippen LogP contribution in [0.5, 0.6) is 0 Å². The highest BCUT2D eigenvalue weighted by molar-refractivity contribution is 5.94. The first-order valence-corrected chi connectivity index (χ1v) is 28.2. The van der Waals surface area contributed by atoms with E-state index in [4.69, 9.17) is 19.0 Å². The lowest BCUT2D eigenvalue weighted by molar-refractivity contribution is -0.203. The molecule has 0 bridgehead atoms. The predicted molar refractivity (Wildman–Crippen MR) is 291 cm³/mol. The van der Waals surface area contributed by atoms with Gasteiger partial charge in [-0.1, -0.05) is 122 Å². The summed E-state index contributed by atoms with van der Waals surface area (Å²) in [5.74, 6) is -2.12. The van der Waals surface area contributed by atoms with E-state index < -0.39 is 35.5 Å². The number of ketones is 2. The minimum Gasteiger partial charge on any atom is -0.460 e. The monoisotopic (exact) mass is 1040 g/mol. The van der Waals surface area contributed by atoms with Crippen molar-refractivity contribution in [3.8, 4) is 0 Å². The van der Waals surface area contributed by atoms with E-state index in [0.717, 1.165) is 62.6 Å². The van der Waals surface area contributed by atoms with E-state index in [2.05, 4.69) is 37.9 Å². The predicted octanol–water partition coefficient (Wildman–Crippen LogP) is 8.28. The Bertz CT molecular complexity index is 2120. The number of nitrogens with zero attached hydrogens (tertiary/aromatic N) is 4. The van der Waals surface area contributed by atoms with Gasteiger partial charge in [0, 0.05) is 59.0 Å². The lowest BCUT2D eigenvalue weighted by Crippen LogP contribution is -2.54. The van der Waals surface area contributed by atoms with Gasteiger partial charge in [0.05, 0.1) is 55.3 Å². The number of benzene rings is 2. The molecule has 5 rings (SSSR count). The van der Waals surface area contributed by atoms with Crippen LogP contribution >= 0.6 is 0 Å². The Morgan fingerprint density at radius 2 is 1.51 bits per heavy atom. The van der Waals surface area contributed by atoms with E-state index in [-0.39, 0.29) is 103 Å². The Balaban J connectivity index is 1.18. The second kappa shape index (κ2) is 29.8. The van der Waals surface area contributed by atoms with Gasteiger partial charge in [-0.25, -0.2) is 5.06 Å². The minimum absolute atomic E-state index is 0.0213. The summed E-state index contributed by atoms with van der Waals surface area (Å²) in [6.07, 6.45) is 6.08. The van der Waals surface area contributed by atoms with E-state index >= 15 is 0 Å². The molecule has 2 heterocycles. The SMILES string of the molecule is CC[C@H](C)[C@@H]([C@@H](CC(=O)N1CCC[C@H]1[C@H](OC)[C@@H](C)C(=O)CC1(C(=O)N2CCCCO2)C[C@@H]1c1ccccc1)OC)N(C)C(=O)[C@@H](CC(=O)[C@H](C(C)C)N(C)CCCCCNCC(=O)OCc1ccccc1)C(C)C. The molecule has 1 unspecified atom stereocenters. The molecule has 15 heteroatoms. The fourth-order valence-corrected chi connectivity index (χ4v) is 12.0. The lowest BCUT2D eigenvalue weighted by Gasteiger charge is -2.41. The average Bonchev–Trinajstić information content (AvgIpc) is 3.95. The third-order valence-corrected chi connectivity index (χ3v) is 16.6. The van der Waals surface area contributed by atoms with Crippen molar-refractivity contribution >= 4 is 35.3 Å². The Morgan fingerprint density at radius 3 is 2.12 bits per heavy atom. The van der Waals surface area contributed by atoms with Gasteiger partial charge in [-0.05, 0) is 99.9 Å². The molecule has 15 nitrogen and oxygen atoms in total. The maximum atomic E-state index is 14.8. The standard InChI is InChI=1S/C60H93N5O10/c1-12-43(6)56(63(9)58(70)47(41(2)3)35-50(66)55(42(4)5)62(8)31-21-15-20-30-61-39-54(69)74-40-45-25-16-13-17-26-45)52(72-10)36-53(68)64-32-24-29-49(64)57(73-11)44(7)51(67)38-60(59(71)65-33-22-23-34-75-65)37-48(60)46-27-18-14-19-28-46/h13-14,16-19,25-28,41-44,47-49,52,55-57,61H,12,15,20-24,29-40H2,1-11H3/t43-,44-,47-,48+,49-,52+,55-,56-,57+,60?/m0/s1. The second-order valence-electron chi connectivity index (χ2n) is 22.6. The number of hydrogen-bond donors (Lipinski definition) is 1. The van der Waals surface area contributed by atoms with Crippen molar-refractivity contribution in [1.29, 1.82) is 0 Å². The molecule has 0 spiro atoms. The van der Waals surface area contributed by atoms with Gasteiger partial charge in [-0.3, -0.25) is 38.5 Å². The first-order chi connectivity index (χ1) is 35.9. The number of carbonyl (C=O) groups is 6. The summed E-state index contributed by atoms with van der Waals surface area (Å²) in [5.41, 5.74) is 1.09. The van der Waals surface area contributed by atoms with Gasteiger partial charge >= 0.3 is 5.97 Å². The number of ether oxygens (including phenoxy) is 3. The molecule has 3 aliphatic rings. The zero-order valence-corrected chi connectivity index (χ0v) is 47.4. The molecule has 1 saturated carbocycles. The first-order valence-electron chi connectivity index (χ1n) is 28.2. The number of amides is 3. The second-order valence-corrected chi connectivity index (χ2v) is 22.6. The first kappa shape index (κ1) is 61.3. The summed E-state index contributed by atoms with van der Waals surface area (Å²) < 4.78 is 17.7. The molecule has 75 heavy (non-hydrogen) atoms. The van der Waals surface area contributed by atoms with Crippen molar-refractivity contribution in [2.75, 3.05) is 67.6 Å². The zero-order chi connectivity index (χ0) is 54.8. The van der Waals surface area contributed by atoms with Crippen LogP contribution < -0.4 is 5.32 Å². The van der Waals surface area contributed by atoms with Gasteiger partial charge in [-0.15, -0.1) is 0 Å². The molecule has 2 saturated heterocycles. The van der Waals surface area contributed by atoms with E-state index in [9.17, 15) is 28.8 Å². The Hall–Kier alpha value is -4.54. The molecular weight excluding hydrogens is 951 g/mol. The molecule has 0 radical (unpaired) electrons. The summed E-state index contributed by atoms with van der Waals surface area (Å²) in [6.45, 7) is 17.4. The van der Waals surface area contributed by atoms with Crippen molar-refractivity contribution in [2.45, 2.75) is 168 Å². The highest BCUT2D eigenvalue weighted by Gasteiger charge is 2.63. The van der Waals surface area contributed by atoms with Gasteiger partial charge in [0.15, 0.2) is 5.78 Å².